The molecule has 31 heavy (non-hydrogen) atoms. The Morgan fingerprint density at radius 2 is 1.94 bits per heavy atom. The predicted octanol–water partition coefficient (Wildman–Crippen LogP) is 2.69. The average molecular weight is 425 g/mol. The highest BCUT2D eigenvalue weighted by atomic mass is 16.5. The van der Waals surface area contributed by atoms with Crippen molar-refractivity contribution in [3.05, 3.63) is 48.4 Å². The molecule has 1 atom stereocenters. The van der Waals surface area contributed by atoms with Crippen LogP contribution in [0.5, 0.6) is 5.75 Å². The van der Waals surface area contributed by atoms with E-state index in [4.69, 9.17) is 19.0 Å². The molecule has 0 bridgehead atoms. The lowest BCUT2D eigenvalue weighted by Gasteiger charge is -2.27. The minimum absolute atomic E-state index is 0.123. The van der Waals surface area contributed by atoms with Gasteiger partial charge in [-0.3, -0.25) is 0 Å². The van der Waals surface area contributed by atoms with E-state index in [1.165, 1.54) is 0 Å². The van der Waals surface area contributed by atoms with Crippen LogP contribution in [0.1, 0.15) is 11.8 Å². The highest BCUT2D eigenvalue weighted by molar-refractivity contribution is 5.60. The number of hydrogen-bond donors (Lipinski definition) is 1. The van der Waals surface area contributed by atoms with Crippen LogP contribution in [0.15, 0.2) is 47.1 Å². The zero-order valence-corrected chi connectivity index (χ0v) is 18.1. The number of methoxy groups -OCH3 is 1. The largest absolute Gasteiger partial charge is 0.497 e. The molecule has 9 heteroatoms. The molecule has 9 nitrogen and oxygen atoms in total. The van der Waals surface area contributed by atoms with Crippen molar-refractivity contribution in [3.8, 4) is 17.0 Å². The molecule has 1 N–H and O–H groups in total. The van der Waals surface area contributed by atoms with Gasteiger partial charge in [-0.1, -0.05) is 5.16 Å². The number of morpholine rings is 1. The molecular formula is C22H28N6O3. The molecule has 3 heterocycles. The second-order valence-corrected chi connectivity index (χ2v) is 7.64. The smallest absolute Gasteiger partial charge is 0.227 e. The Morgan fingerprint density at radius 3 is 2.65 bits per heavy atom. The summed E-state index contributed by atoms with van der Waals surface area (Å²) < 4.78 is 16.4. The summed E-state index contributed by atoms with van der Waals surface area (Å²) in [6.45, 7) is 3.68. The third-order valence-corrected chi connectivity index (χ3v) is 5.06. The fourth-order valence-electron chi connectivity index (χ4n) is 3.45. The van der Waals surface area contributed by atoms with Gasteiger partial charge in [0.2, 0.25) is 5.95 Å². The van der Waals surface area contributed by atoms with Crippen LogP contribution >= 0.6 is 0 Å². The minimum Gasteiger partial charge on any atom is -0.497 e. The molecule has 164 valence electrons. The van der Waals surface area contributed by atoms with E-state index in [0.29, 0.717) is 25.7 Å². The van der Waals surface area contributed by atoms with Crippen molar-refractivity contribution in [2.24, 2.45) is 0 Å². The van der Waals surface area contributed by atoms with Crippen molar-refractivity contribution in [1.29, 1.82) is 0 Å². The van der Waals surface area contributed by atoms with E-state index in [1.807, 2.05) is 50.5 Å². The number of hydrogen-bond acceptors (Lipinski definition) is 9. The van der Waals surface area contributed by atoms with Crippen LogP contribution in [-0.4, -0.2) is 74.1 Å². The molecule has 0 aliphatic carbocycles. The summed E-state index contributed by atoms with van der Waals surface area (Å²) in [4.78, 5) is 13.4. The van der Waals surface area contributed by atoms with Crippen molar-refractivity contribution in [3.63, 3.8) is 0 Å². The second-order valence-electron chi connectivity index (χ2n) is 7.64. The van der Waals surface area contributed by atoms with Gasteiger partial charge in [-0.05, 0) is 44.4 Å². The third-order valence-electron chi connectivity index (χ3n) is 5.06. The molecule has 0 amide bonds. The summed E-state index contributed by atoms with van der Waals surface area (Å²) >= 11 is 0. The molecule has 1 aliphatic rings. The Bertz CT molecular complexity index is 969. The van der Waals surface area contributed by atoms with Crippen molar-refractivity contribution in [2.45, 2.75) is 6.04 Å². The molecular weight excluding hydrogens is 396 g/mol. The third kappa shape index (κ3) is 5.31. The summed E-state index contributed by atoms with van der Waals surface area (Å²) in [5, 5.41) is 7.76. The van der Waals surface area contributed by atoms with Crippen molar-refractivity contribution in [1.82, 2.24) is 20.0 Å². The quantitative estimate of drug-likeness (QED) is 0.586. The van der Waals surface area contributed by atoms with E-state index >= 15 is 0 Å². The van der Waals surface area contributed by atoms with Gasteiger partial charge in [0.15, 0.2) is 5.76 Å². The number of nitrogens with zero attached hydrogens (tertiary/aromatic N) is 5. The van der Waals surface area contributed by atoms with Crippen LogP contribution in [0.2, 0.25) is 0 Å². The minimum atomic E-state index is -0.123. The number of nitrogens with one attached hydrogen (secondary N) is 1. The van der Waals surface area contributed by atoms with Gasteiger partial charge in [-0.25, -0.2) is 4.98 Å². The van der Waals surface area contributed by atoms with E-state index in [9.17, 15) is 0 Å². The van der Waals surface area contributed by atoms with Gasteiger partial charge < -0.3 is 29.1 Å². The van der Waals surface area contributed by atoms with Crippen LogP contribution in [0.25, 0.3) is 11.3 Å². The van der Waals surface area contributed by atoms with Gasteiger partial charge in [0.05, 0.1) is 20.3 Å². The van der Waals surface area contributed by atoms with Gasteiger partial charge in [0.1, 0.15) is 23.3 Å². The number of benzene rings is 1. The lowest BCUT2D eigenvalue weighted by atomic mass is 10.1. The van der Waals surface area contributed by atoms with Crippen LogP contribution < -0.4 is 15.0 Å². The van der Waals surface area contributed by atoms with Gasteiger partial charge >= 0.3 is 0 Å². The number of aromatic nitrogens is 3. The molecule has 1 saturated heterocycles. The molecule has 1 aliphatic heterocycles. The monoisotopic (exact) mass is 424 g/mol. The molecule has 2 aromatic heterocycles. The number of anilines is 2. The zero-order valence-electron chi connectivity index (χ0n) is 18.1. The number of likely N-dealkylation sites (N-methyl/N-ethyl adjacent to an activating group) is 1. The second kappa shape index (κ2) is 9.76. The summed E-state index contributed by atoms with van der Waals surface area (Å²) in [5.74, 6) is 2.99. The van der Waals surface area contributed by atoms with Gasteiger partial charge in [0, 0.05) is 37.5 Å². The highest BCUT2D eigenvalue weighted by Gasteiger charge is 2.21. The summed E-state index contributed by atoms with van der Waals surface area (Å²) in [6, 6.07) is 11.5. The van der Waals surface area contributed by atoms with Gasteiger partial charge in [-0.15, -0.1) is 0 Å². The van der Waals surface area contributed by atoms with Crippen LogP contribution in [0, 0.1) is 0 Å². The first-order chi connectivity index (χ1) is 15.1. The Hall–Kier alpha value is -3.17. The summed E-state index contributed by atoms with van der Waals surface area (Å²) in [7, 11) is 5.70. The first-order valence-electron chi connectivity index (χ1n) is 10.3. The van der Waals surface area contributed by atoms with Crippen LogP contribution in [0.4, 0.5) is 11.8 Å². The maximum atomic E-state index is 5.72. The first kappa shape index (κ1) is 21.1. The zero-order chi connectivity index (χ0) is 21.6. The maximum Gasteiger partial charge on any atom is 0.227 e. The van der Waals surface area contributed by atoms with Gasteiger partial charge in [0.25, 0.3) is 0 Å². The van der Waals surface area contributed by atoms with Gasteiger partial charge in [-0.2, -0.15) is 4.98 Å². The lowest BCUT2D eigenvalue weighted by Crippen LogP contribution is -2.37. The van der Waals surface area contributed by atoms with Crippen molar-refractivity contribution < 1.29 is 14.0 Å². The lowest BCUT2D eigenvalue weighted by molar-refractivity contribution is 0.122. The van der Waals surface area contributed by atoms with Crippen molar-refractivity contribution >= 4 is 11.8 Å². The van der Waals surface area contributed by atoms with Crippen molar-refractivity contribution in [2.75, 3.05) is 64.3 Å². The molecule has 1 unspecified atom stereocenters. The normalized spacial score (nSPS) is 15.2. The molecule has 1 aromatic carbocycles. The van der Waals surface area contributed by atoms with E-state index in [1.54, 1.807) is 13.3 Å². The Balaban J connectivity index is 1.53. The van der Waals surface area contributed by atoms with E-state index < -0.39 is 0 Å². The Labute approximate surface area is 182 Å². The number of ether oxygens (including phenoxy) is 2. The molecule has 0 radical (unpaired) electrons. The standard InChI is InChI=1S/C22H28N6O3/c1-27(2)15-19(20-14-18(26-31-20)16-4-6-17(29-3)7-5-16)24-21-8-9-23-22(25-21)28-10-12-30-13-11-28/h4-9,14,19H,10-13,15H2,1-3H3,(H,23,24,25). The molecule has 4 rings (SSSR count). The predicted molar refractivity (Wildman–Crippen MR) is 118 cm³/mol. The summed E-state index contributed by atoms with van der Waals surface area (Å²) in [6.07, 6.45) is 1.77. The number of rotatable bonds is 8. The first-order valence-corrected chi connectivity index (χ1v) is 10.3. The Kier molecular flexibility index (Phi) is 6.63. The van der Waals surface area contributed by atoms with E-state index in [0.717, 1.165) is 41.7 Å². The molecule has 0 saturated carbocycles. The van der Waals surface area contributed by atoms with Crippen LogP contribution in [-0.2, 0) is 4.74 Å². The summed E-state index contributed by atoms with van der Waals surface area (Å²) in [5.41, 5.74) is 1.75. The highest BCUT2D eigenvalue weighted by Crippen LogP contribution is 2.27. The fourth-order valence-corrected chi connectivity index (χ4v) is 3.45. The maximum absolute atomic E-state index is 5.72. The Morgan fingerprint density at radius 1 is 1.16 bits per heavy atom. The van der Waals surface area contributed by atoms with E-state index in [-0.39, 0.29) is 6.04 Å². The molecule has 3 aromatic rings. The van der Waals surface area contributed by atoms with Crippen LogP contribution in [0.3, 0.4) is 0 Å². The topological polar surface area (TPSA) is 88.8 Å². The van der Waals surface area contributed by atoms with E-state index in [2.05, 4.69) is 25.3 Å². The average Bonchev–Trinajstić information content (AvgIpc) is 3.30. The molecule has 1 fully saturated rings. The fraction of sp³-hybridized carbons (Fsp3) is 0.409. The molecule has 0 spiro atoms. The SMILES string of the molecule is COc1ccc(-c2cc(C(CN(C)C)Nc3ccnc(N4CCOCC4)n3)on2)cc1.